The van der Waals surface area contributed by atoms with Gasteiger partial charge in [-0.2, -0.15) is 0 Å². The first-order chi connectivity index (χ1) is 12.3. The average Bonchev–Trinajstić information content (AvgIpc) is 3.02. The first-order valence-corrected chi connectivity index (χ1v) is 8.59. The molecule has 0 saturated carbocycles. The number of benzene rings is 2. The zero-order valence-electron chi connectivity index (χ0n) is 14.6. The number of aryl methyl sites for hydroxylation is 1. The summed E-state index contributed by atoms with van der Waals surface area (Å²) in [4.78, 5) is 7.14. The van der Waals surface area contributed by atoms with E-state index in [2.05, 4.69) is 17.0 Å². The lowest BCUT2D eigenvalue weighted by molar-refractivity contribution is 0.0335. The smallest absolute Gasteiger partial charge is 0.227 e. The molecule has 1 saturated heterocycles. The van der Waals surface area contributed by atoms with E-state index in [1.807, 2.05) is 31.2 Å². The van der Waals surface area contributed by atoms with Crippen molar-refractivity contribution in [1.82, 2.24) is 9.88 Å². The molecular weight excluding hydrogens is 316 g/mol. The number of ether oxygens (including phenoxy) is 2. The van der Waals surface area contributed by atoms with Gasteiger partial charge in [0.15, 0.2) is 0 Å². The number of rotatable bonds is 4. The lowest BCUT2D eigenvalue weighted by atomic mass is 10.0. The first kappa shape index (κ1) is 16.1. The Morgan fingerprint density at radius 2 is 1.84 bits per heavy atom. The van der Waals surface area contributed by atoms with Gasteiger partial charge in [-0.3, -0.25) is 4.90 Å². The van der Waals surface area contributed by atoms with Crippen LogP contribution >= 0.6 is 0 Å². The summed E-state index contributed by atoms with van der Waals surface area (Å²) in [7, 11) is 1.69. The molecule has 5 heteroatoms. The second kappa shape index (κ2) is 6.86. The van der Waals surface area contributed by atoms with Gasteiger partial charge in [-0.05, 0) is 24.4 Å². The minimum atomic E-state index is 0.666. The van der Waals surface area contributed by atoms with E-state index in [4.69, 9.17) is 18.9 Å². The number of hydrogen-bond acceptors (Lipinski definition) is 5. The zero-order chi connectivity index (χ0) is 17.2. The fourth-order valence-corrected chi connectivity index (χ4v) is 3.30. The molecular formula is C20H22N2O3. The Morgan fingerprint density at radius 1 is 1.08 bits per heavy atom. The third-order valence-corrected chi connectivity index (χ3v) is 4.70. The summed E-state index contributed by atoms with van der Waals surface area (Å²) in [6.45, 7) is 6.23. The van der Waals surface area contributed by atoms with Gasteiger partial charge in [0.25, 0.3) is 0 Å². The molecule has 0 amide bonds. The van der Waals surface area contributed by atoms with Crippen molar-refractivity contribution in [3.05, 3.63) is 47.9 Å². The van der Waals surface area contributed by atoms with E-state index in [0.717, 1.165) is 66.4 Å². The maximum absolute atomic E-state index is 6.01. The monoisotopic (exact) mass is 338 g/mol. The summed E-state index contributed by atoms with van der Waals surface area (Å²) in [5.41, 5.74) is 1.99. The molecule has 5 nitrogen and oxygen atoms in total. The van der Waals surface area contributed by atoms with Crippen LogP contribution in [-0.2, 0) is 11.3 Å². The molecule has 2 aromatic carbocycles. The van der Waals surface area contributed by atoms with E-state index < -0.39 is 0 Å². The highest BCUT2D eigenvalue weighted by molar-refractivity contribution is 5.98. The van der Waals surface area contributed by atoms with Crippen molar-refractivity contribution in [1.29, 1.82) is 0 Å². The van der Waals surface area contributed by atoms with Crippen molar-refractivity contribution < 1.29 is 13.9 Å². The summed E-state index contributed by atoms with van der Waals surface area (Å²) >= 11 is 0. The summed E-state index contributed by atoms with van der Waals surface area (Å²) < 4.78 is 16.9. The van der Waals surface area contributed by atoms with E-state index in [1.54, 1.807) is 7.11 Å². The van der Waals surface area contributed by atoms with Gasteiger partial charge in [-0.15, -0.1) is 0 Å². The molecule has 1 aliphatic heterocycles. The van der Waals surface area contributed by atoms with Crippen LogP contribution in [0.4, 0.5) is 0 Å². The number of oxazole rings is 1. The van der Waals surface area contributed by atoms with Crippen molar-refractivity contribution in [3.8, 4) is 17.2 Å². The molecule has 25 heavy (non-hydrogen) atoms. The summed E-state index contributed by atoms with van der Waals surface area (Å²) in [5, 5.41) is 2.15. The third-order valence-electron chi connectivity index (χ3n) is 4.70. The standard InChI is InChI=1S/C20H22N2O3/c1-14-18(13-22-9-11-24-12-10-22)21-20(25-14)17-7-8-19(23-2)16-6-4-3-5-15(16)17/h3-8H,9-13H2,1-2H3. The number of morpholine rings is 1. The molecule has 1 fully saturated rings. The van der Waals surface area contributed by atoms with Gasteiger partial charge in [0.05, 0.1) is 26.0 Å². The largest absolute Gasteiger partial charge is 0.496 e. The van der Waals surface area contributed by atoms with Gasteiger partial charge in [-0.25, -0.2) is 4.98 Å². The Labute approximate surface area is 147 Å². The van der Waals surface area contributed by atoms with E-state index >= 15 is 0 Å². The highest BCUT2D eigenvalue weighted by atomic mass is 16.5. The van der Waals surface area contributed by atoms with Crippen LogP contribution in [0.1, 0.15) is 11.5 Å². The predicted molar refractivity (Wildman–Crippen MR) is 96.8 cm³/mol. The highest BCUT2D eigenvalue weighted by Crippen LogP contribution is 2.34. The minimum absolute atomic E-state index is 0.666. The fourth-order valence-electron chi connectivity index (χ4n) is 3.30. The Bertz CT molecular complexity index is 882. The van der Waals surface area contributed by atoms with Crippen molar-refractivity contribution in [3.63, 3.8) is 0 Å². The number of nitrogens with zero attached hydrogens (tertiary/aromatic N) is 2. The van der Waals surface area contributed by atoms with Gasteiger partial charge in [0, 0.05) is 30.6 Å². The number of hydrogen-bond donors (Lipinski definition) is 0. The molecule has 0 radical (unpaired) electrons. The van der Waals surface area contributed by atoms with Gasteiger partial charge in [0.2, 0.25) is 5.89 Å². The SMILES string of the molecule is COc1ccc(-c2nc(CN3CCOCC3)c(C)o2)c2ccccc12. The highest BCUT2D eigenvalue weighted by Gasteiger charge is 2.18. The zero-order valence-corrected chi connectivity index (χ0v) is 14.6. The molecule has 3 aromatic rings. The van der Waals surface area contributed by atoms with Crippen LogP contribution in [0.25, 0.3) is 22.2 Å². The van der Waals surface area contributed by atoms with Gasteiger partial charge < -0.3 is 13.9 Å². The van der Waals surface area contributed by atoms with Gasteiger partial charge in [0.1, 0.15) is 11.5 Å². The van der Waals surface area contributed by atoms with E-state index in [9.17, 15) is 0 Å². The molecule has 2 heterocycles. The molecule has 0 N–H and O–H groups in total. The summed E-state index contributed by atoms with van der Waals surface area (Å²) in [5.74, 6) is 2.40. The minimum Gasteiger partial charge on any atom is -0.496 e. The Morgan fingerprint density at radius 3 is 2.60 bits per heavy atom. The van der Waals surface area contributed by atoms with Crippen molar-refractivity contribution in [2.24, 2.45) is 0 Å². The lowest BCUT2D eigenvalue weighted by Gasteiger charge is -2.25. The maximum atomic E-state index is 6.01. The number of fused-ring (bicyclic) bond motifs is 1. The molecule has 4 rings (SSSR count). The molecule has 0 aliphatic carbocycles. The molecule has 1 aromatic heterocycles. The predicted octanol–water partition coefficient (Wildman–Crippen LogP) is 3.64. The Kier molecular flexibility index (Phi) is 4.42. The Hall–Kier alpha value is -2.37. The van der Waals surface area contributed by atoms with Crippen LogP contribution in [0.3, 0.4) is 0 Å². The number of aromatic nitrogens is 1. The summed E-state index contributed by atoms with van der Waals surface area (Å²) in [6, 6.07) is 12.2. The Balaban J connectivity index is 1.71. The topological polar surface area (TPSA) is 47.7 Å². The van der Waals surface area contributed by atoms with Crippen LogP contribution in [-0.4, -0.2) is 43.3 Å². The molecule has 1 aliphatic rings. The normalized spacial score (nSPS) is 15.6. The van der Waals surface area contributed by atoms with Crippen molar-refractivity contribution in [2.45, 2.75) is 13.5 Å². The van der Waals surface area contributed by atoms with Crippen LogP contribution in [0.2, 0.25) is 0 Å². The van der Waals surface area contributed by atoms with Gasteiger partial charge in [-0.1, -0.05) is 24.3 Å². The molecule has 0 bridgehead atoms. The molecule has 0 spiro atoms. The second-order valence-electron chi connectivity index (χ2n) is 6.27. The van der Waals surface area contributed by atoms with Crippen LogP contribution in [0.15, 0.2) is 40.8 Å². The molecule has 0 unspecified atom stereocenters. The molecule has 0 atom stereocenters. The quantitative estimate of drug-likeness (QED) is 0.727. The summed E-state index contributed by atoms with van der Waals surface area (Å²) in [6.07, 6.45) is 0. The van der Waals surface area contributed by atoms with Crippen LogP contribution in [0, 0.1) is 6.92 Å². The van der Waals surface area contributed by atoms with Gasteiger partial charge >= 0.3 is 0 Å². The second-order valence-corrected chi connectivity index (χ2v) is 6.27. The van der Waals surface area contributed by atoms with Crippen LogP contribution in [0.5, 0.6) is 5.75 Å². The van der Waals surface area contributed by atoms with Crippen molar-refractivity contribution >= 4 is 10.8 Å². The number of methoxy groups -OCH3 is 1. The van der Waals surface area contributed by atoms with E-state index in [1.165, 1.54) is 0 Å². The molecule has 130 valence electrons. The lowest BCUT2D eigenvalue weighted by Crippen LogP contribution is -2.35. The van der Waals surface area contributed by atoms with E-state index in [0.29, 0.717) is 5.89 Å². The average molecular weight is 338 g/mol. The fraction of sp³-hybridized carbons (Fsp3) is 0.350. The van der Waals surface area contributed by atoms with Crippen molar-refractivity contribution in [2.75, 3.05) is 33.4 Å². The van der Waals surface area contributed by atoms with Crippen LogP contribution < -0.4 is 4.74 Å². The first-order valence-electron chi connectivity index (χ1n) is 8.59. The maximum Gasteiger partial charge on any atom is 0.227 e. The van der Waals surface area contributed by atoms with E-state index in [-0.39, 0.29) is 0 Å². The third kappa shape index (κ3) is 3.13.